The predicted octanol–water partition coefficient (Wildman–Crippen LogP) is 2.31. The molecule has 1 rings (SSSR count). The summed E-state index contributed by atoms with van der Waals surface area (Å²) in [6.07, 6.45) is -4.38. The molecule has 1 aromatic rings. The van der Waals surface area contributed by atoms with Crippen LogP contribution in [-0.4, -0.2) is 32.0 Å². The first-order valence-electron chi connectivity index (χ1n) is 5.47. The van der Waals surface area contributed by atoms with Crippen LogP contribution in [0, 0.1) is 6.92 Å². The molecule has 7 heteroatoms. The van der Waals surface area contributed by atoms with Gasteiger partial charge in [-0.15, -0.1) is 0 Å². The van der Waals surface area contributed by atoms with E-state index in [9.17, 15) is 18.0 Å². The number of hydrogen-bond acceptors (Lipinski definition) is 4. The first-order chi connectivity index (χ1) is 8.79. The number of ether oxygens (including phenoxy) is 2. The molecule has 0 fully saturated rings. The van der Waals surface area contributed by atoms with Crippen LogP contribution in [0.15, 0.2) is 18.2 Å². The van der Waals surface area contributed by atoms with Gasteiger partial charge in [0.15, 0.2) is 0 Å². The van der Waals surface area contributed by atoms with Crippen molar-refractivity contribution in [3.05, 3.63) is 29.3 Å². The van der Waals surface area contributed by atoms with E-state index in [-0.39, 0.29) is 13.2 Å². The highest BCUT2D eigenvalue weighted by Crippen LogP contribution is 2.15. The smallest absolute Gasteiger partial charge is 0.411 e. The zero-order chi connectivity index (χ0) is 14.5. The summed E-state index contributed by atoms with van der Waals surface area (Å²) in [4.78, 5) is 11.5. The van der Waals surface area contributed by atoms with Crippen molar-refractivity contribution in [3.8, 4) is 0 Å². The minimum absolute atomic E-state index is 0.238. The third-order valence-corrected chi connectivity index (χ3v) is 2.23. The second-order valence-corrected chi connectivity index (χ2v) is 3.88. The maximum Gasteiger partial charge on any atom is 0.411 e. The lowest BCUT2D eigenvalue weighted by Crippen LogP contribution is -2.19. The van der Waals surface area contributed by atoms with E-state index in [4.69, 9.17) is 10.5 Å². The maximum atomic E-state index is 11.7. The number of benzene rings is 1. The van der Waals surface area contributed by atoms with Crippen LogP contribution in [0.5, 0.6) is 0 Å². The van der Waals surface area contributed by atoms with Crippen LogP contribution in [0.3, 0.4) is 0 Å². The molecule has 0 saturated heterocycles. The average molecular weight is 277 g/mol. The molecule has 0 bridgehead atoms. The number of halogens is 3. The van der Waals surface area contributed by atoms with Crippen LogP contribution < -0.4 is 5.73 Å². The van der Waals surface area contributed by atoms with Gasteiger partial charge in [-0.1, -0.05) is 0 Å². The number of carbonyl (C=O) groups is 1. The molecule has 0 aliphatic heterocycles. The Morgan fingerprint density at radius 3 is 2.58 bits per heavy atom. The van der Waals surface area contributed by atoms with E-state index in [0.717, 1.165) is 5.56 Å². The van der Waals surface area contributed by atoms with Crippen LogP contribution in [-0.2, 0) is 9.47 Å². The molecule has 0 heterocycles. The Labute approximate surface area is 108 Å². The van der Waals surface area contributed by atoms with E-state index in [2.05, 4.69) is 4.74 Å². The Kier molecular flexibility index (Phi) is 5.17. The third-order valence-electron chi connectivity index (χ3n) is 2.23. The van der Waals surface area contributed by atoms with Gasteiger partial charge in [0.25, 0.3) is 0 Å². The Bertz CT molecular complexity index is 446. The molecule has 2 N–H and O–H groups in total. The summed E-state index contributed by atoms with van der Waals surface area (Å²) >= 11 is 0. The fraction of sp³-hybridized carbons (Fsp3) is 0.417. The molecule has 4 nitrogen and oxygen atoms in total. The topological polar surface area (TPSA) is 61.5 Å². The molecular weight excluding hydrogens is 263 g/mol. The average Bonchev–Trinajstić information content (AvgIpc) is 2.30. The molecule has 0 aromatic heterocycles. The summed E-state index contributed by atoms with van der Waals surface area (Å²) in [5, 5.41) is 0. The van der Waals surface area contributed by atoms with E-state index >= 15 is 0 Å². The number of nitrogen functional groups attached to an aromatic ring is 1. The number of esters is 1. The molecule has 0 radical (unpaired) electrons. The zero-order valence-corrected chi connectivity index (χ0v) is 10.3. The molecule has 0 unspecified atom stereocenters. The van der Waals surface area contributed by atoms with Crippen LogP contribution in [0.2, 0.25) is 0 Å². The predicted molar refractivity (Wildman–Crippen MR) is 62.7 cm³/mol. The molecule has 1 aromatic carbocycles. The van der Waals surface area contributed by atoms with Crippen LogP contribution in [0.4, 0.5) is 18.9 Å². The molecule has 0 amide bonds. The van der Waals surface area contributed by atoms with Gasteiger partial charge < -0.3 is 15.2 Å². The molecule has 0 saturated carbocycles. The fourth-order valence-electron chi connectivity index (χ4n) is 1.27. The Hall–Kier alpha value is -1.76. The van der Waals surface area contributed by atoms with Crippen molar-refractivity contribution in [1.82, 2.24) is 0 Å². The van der Waals surface area contributed by atoms with Crippen molar-refractivity contribution in [3.63, 3.8) is 0 Å². The van der Waals surface area contributed by atoms with Crippen molar-refractivity contribution in [2.75, 3.05) is 25.6 Å². The summed E-state index contributed by atoms with van der Waals surface area (Å²) < 4.78 is 44.3. The number of nitrogens with two attached hydrogens (primary N) is 1. The Morgan fingerprint density at radius 1 is 1.32 bits per heavy atom. The van der Waals surface area contributed by atoms with Crippen molar-refractivity contribution < 1.29 is 27.4 Å². The highest BCUT2D eigenvalue weighted by Gasteiger charge is 2.27. The second kappa shape index (κ2) is 6.42. The number of anilines is 1. The van der Waals surface area contributed by atoms with Gasteiger partial charge in [-0.2, -0.15) is 13.2 Å². The summed E-state index contributed by atoms with van der Waals surface area (Å²) in [7, 11) is 0. The van der Waals surface area contributed by atoms with Gasteiger partial charge in [0.2, 0.25) is 0 Å². The highest BCUT2D eigenvalue weighted by atomic mass is 19.4. The summed E-state index contributed by atoms with van der Waals surface area (Å²) in [6, 6.07) is 4.60. The quantitative estimate of drug-likeness (QED) is 0.509. The SMILES string of the molecule is Cc1cc(C(=O)OCCOCC(F)(F)F)ccc1N. The van der Waals surface area contributed by atoms with Crippen molar-refractivity contribution in [1.29, 1.82) is 0 Å². The molecule has 0 aliphatic carbocycles. The molecular formula is C12H14F3NO3. The minimum atomic E-state index is -4.38. The van der Waals surface area contributed by atoms with E-state index in [0.29, 0.717) is 11.3 Å². The molecule has 0 atom stereocenters. The maximum absolute atomic E-state index is 11.7. The lowest BCUT2D eigenvalue weighted by molar-refractivity contribution is -0.175. The van der Waals surface area contributed by atoms with Crippen LogP contribution >= 0.6 is 0 Å². The summed E-state index contributed by atoms with van der Waals surface area (Å²) in [5.41, 5.74) is 7.16. The number of aryl methyl sites for hydroxylation is 1. The first kappa shape index (κ1) is 15.3. The zero-order valence-electron chi connectivity index (χ0n) is 10.3. The summed E-state index contributed by atoms with van der Waals surface area (Å²) in [6.45, 7) is -0.165. The molecule has 106 valence electrons. The van der Waals surface area contributed by atoms with Gasteiger partial charge in [-0.25, -0.2) is 4.79 Å². The van der Waals surface area contributed by atoms with Gasteiger partial charge in [0.05, 0.1) is 12.2 Å². The molecule has 0 aliphatic rings. The Morgan fingerprint density at radius 2 is 2.00 bits per heavy atom. The number of carbonyl (C=O) groups excluding carboxylic acids is 1. The lowest BCUT2D eigenvalue weighted by Gasteiger charge is -2.09. The largest absolute Gasteiger partial charge is 0.460 e. The second-order valence-electron chi connectivity index (χ2n) is 3.88. The standard InChI is InChI=1S/C12H14F3NO3/c1-8-6-9(2-3-10(8)16)11(17)19-5-4-18-7-12(13,14)15/h2-3,6H,4-5,7,16H2,1H3. The van der Waals surface area contributed by atoms with Gasteiger partial charge in [-0.3, -0.25) is 0 Å². The Balaban J connectivity index is 2.33. The van der Waals surface area contributed by atoms with Crippen LogP contribution in [0.1, 0.15) is 15.9 Å². The molecule has 19 heavy (non-hydrogen) atoms. The van der Waals surface area contributed by atoms with Crippen molar-refractivity contribution in [2.24, 2.45) is 0 Å². The van der Waals surface area contributed by atoms with Gasteiger partial charge >= 0.3 is 12.1 Å². The van der Waals surface area contributed by atoms with E-state index < -0.39 is 18.8 Å². The van der Waals surface area contributed by atoms with Gasteiger partial charge in [0.1, 0.15) is 13.2 Å². The van der Waals surface area contributed by atoms with E-state index in [1.807, 2.05) is 0 Å². The van der Waals surface area contributed by atoms with E-state index in [1.165, 1.54) is 6.07 Å². The molecule has 0 spiro atoms. The highest BCUT2D eigenvalue weighted by molar-refractivity contribution is 5.90. The number of alkyl halides is 3. The van der Waals surface area contributed by atoms with Gasteiger partial charge in [0, 0.05) is 5.69 Å². The normalized spacial score (nSPS) is 11.4. The lowest BCUT2D eigenvalue weighted by atomic mass is 10.1. The van der Waals surface area contributed by atoms with Gasteiger partial charge in [-0.05, 0) is 30.7 Å². The van der Waals surface area contributed by atoms with Crippen molar-refractivity contribution >= 4 is 11.7 Å². The first-order valence-corrected chi connectivity index (χ1v) is 5.47. The van der Waals surface area contributed by atoms with E-state index in [1.54, 1.807) is 19.1 Å². The third kappa shape index (κ3) is 5.60. The summed E-state index contributed by atoms with van der Waals surface area (Å²) in [5.74, 6) is -0.626. The fourth-order valence-corrected chi connectivity index (χ4v) is 1.27. The monoisotopic (exact) mass is 277 g/mol. The number of rotatable bonds is 5. The minimum Gasteiger partial charge on any atom is -0.460 e. The number of hydrogen-bond donors (Lipinski definition) is 1. The van der Waals surface area contributed by atoms with Crippen LogP contribution in [0.25, 0.3) is 0 Å². The van der Waals surface area contributed by atoms with Crippen molar-refractivity contribution in [2.45, 2.75) is 13.1 Å².